The van der Waals surface area contributed by atoms with Crippen LogP contribution >= 0.6 is 0 Å². The van der Waals surface area contributed by atoms with Gasteiger partial charge < -0.3 is 14.9 Å². The van der Waals surface area contributed by atoms with Gasteiger partial charge in [-0.05, 0) is 24.3 Å². The van der Waals surface area contributed by atoms with Crippen LogP contribution in [-0.4, -0.2) is 15.7 Å². The molecule has 3 aromatic rings. The van der Waals surface area contributed by atoms with Gasteiger partial charge in [-0.25, -0.2) is 4.79 Å². The Morgan fingerprint density at radius 3 is 3.05 bits per heavy atom. The zero-order valence-corrected chi connectivity index (χ0v) is 10.9. The molecule has 0 unspecified atom stereocenters. The lowest BCUT2D eigenvalue weighted by atomic mass is 10.2. The Bertz CT molecular complexity index is 773. The number of carbonyl (C=O) groups is 1. The van der Waals surface area contributed by atoms with Crippen molar-refractivity contribution in [2.75, 3.05) is 5.73 Å². The largest absolute Gasteiger partial charge is 0.455 e. The minimum Gasteiger partial charge on any atom is -0.455 e. The molecule has 0 saturated carbocycles. The number of nitrogens with two attached hydrogens (primary N) is 1. The van der Waals surface area contributed by atoms with Gasteiger partial charge in [-0.1, -0.05) is 0 Å². The van der Waals surface area contributed by atoms with Gasteiger partial charge in [0.05, 0.1) is 6.20 Å². The van der Waals surface area contributed by atoms with Gasteiger partial charge in [0, 0.05) is 29.9 Å². The number of ether oxygens (including phenoxy) is 1. The summed E-state index contributed by atoms with van der Waals surface area (Å²) < 4.78 is 12.2. The Hall–Kier alpha value is -2.76. The first-order valence-corrected chi connectivity index (χ1v) is 6.05. The number of rotatable bonds is 3. The lowest BCUT2D eigenvalue weighted by molar-refractivity contribution is 0.0438. The van der Waals surface area contributed by atoms with Crippen LogP contribution in [0.25, 0.3) is 11.0 Å². The average Bonchev–Trinajstić information content (AvgIpc) is 3.01. The summed E-state index contributed by atoms with van der Waals surface area (Å²) >= 11 is 0. The number of carbonyl (C=O) groups excluding carboxylic acids is 1. The maximum atomic E-state index is 11.9. The number of nitrogen functional groups attached to an aromatic ring is 1. The summed E-state index contributed by atoms with van der Waals surface area (Å²) in [5.41, 5.74) is 7.72. The normalized spacial score (nSPS) is 10.8. The summed E-state index contributed by atoms with van der Waals surface area (Å²) in [5, 5.41) is 4.78. The van der Waals surface area contributed by atoms with Crippen molar-refractivity contribution in [1.29, 1.82) is 0 Å². The van der Waals surface area contributed by atoms with Crippen molar-refractivity contribution in [2.24, 2.45) is 7.05 Å². The molecule has 0 fully saturated rings. The second-order valence-corrected chi connectivity index (χ2v) is 4.51. The first-order chi connectivity index (χ1) is 9.61. The van der Waals surface area contributed by atoms with Crippen LogP contribution in [0.1, 0.15) is 16.1 Å². The van der Waals surface area contributed by atoms with Gasteiger partial charge in [0.15, 0.2) is 0 Å². The molecular weight excluding hydrogens is 258 g/mol. The number of nitrogens with zero attached hydrogens (tertiary/aromatic N) is 2. The molecule has 0 radical (unpaired) electrons. The van der Waals surface area contributed by atoms with Gasteiger partial charge in [-0.15, -0.1) is 0 Å². The molecule has 2 heterocycles. The molecule has 1 aromatic carbocycles. The van der Waals surface area contributed by atoms with Crippen LogP contribution in [0, 0.1) is 0 Å². The smallest absolute Gasteiger partial charge is 0.374 e. The van der Waals surface area contributed by atoms with Crippen molar-refractivity contribution in [2.45, 2.75) is 6.61 Å². The summed E-state index contributed by atoms with van der Waals surface area (Å²) in [4.78, 5) is 11.9. The van der Waals surface area contributed by atoms with Crippen molar-refractivity contribution < 1.29 is 13.9 Å². The van der Waals surface area contributed by atoms with Gasteiger partial charge in [-0.3, -0.25) is 4.68 Å². The predicted octanol–water partition coefficient (Wildman–Crippen LogP) is 2.11. The van der Waals surface area contributed by atoms with E-state index in [2.05, 4.69) is 5.10 Å². The van der Waals surface area contributed by atoms with Crippen LogP contribution in [0.15, 0.2) is 41.1 Å². The first kappa shape index (κ1) is 12.3. The Morgan fingerprint density at radius 1 is 1.45 bits per heavy atom. The molecule has 6 nitrogen and oxygen atoms in total. The van der Waals surface area contributed by atoms with E-state index in [1.165, 1.54) is 0 Å². The van der Waals surface area contributed by atoms with Gasteiger partial charge in [0.2, 0.25) is 5.76 Å². The summed E-state index contributed by atoms with van der Waals surface area (Å²) in [6, 6.07) is 6.81. The molecule has 6 heteroatoms. The van der Waals surface area contributed by atoms with Crippen LogP contribution in [0.3, 0.4) is 0 Å². The quantitative estimate of drug-likeness (QED) is 0.582. The van der Waals surface area contributed by atoms with Crippen molar-refractivity contribution in [3.8, 4) is 0 Å². The lowest BCUT2D eigenvalue weighted by Gasteiger charge is -1.99. The summed E-state index contributed by atoms with van der Waals surface area (Å²) in [5.74, 6) is -0.349. The highest BCUT2D eigenvalue weighted by molar-refractivity contribution is 5.93. The van der Waals surface area contributed by atoms with Crippen molar-refractivity contribution in [1.82, 2.24) is 9.78 Å². The van der Waals surface area contributed by atoms with Gasteiger partial charge in [0.1, 0.15) is 12.2 Å². The van der Waals surface area contributed by atoms with Crippen molar-refractivity contribution in [3.63, 3.8) is 0 Å². The standard InChI is InChI=1S/C14H13N3O3/c1-17-7-9(6-16-17)8-19-14(18)13-5-10-4-11(15)2-3-12(10)20-13/h2-7H,8,15H2,1H3. The molecule has 0 aliphatic carbocycles. The Kier molecular flexibility index (Phi) is 2.90. The van der Waals surface area contributed by atoms with Gasteiger partial charge in [-0.2, -0.15) is 5.10 Å². The second-order valence-electron chi connectivity index (χ2n) is 4.51. The van der Waals surface area contributed by atoms with E-state index >= 15 is 0 Å². The molecule has 0 aliphatic rings. The summed E-state index contributed by atoms with van der Waals surface area (Å²) in [7, 11) is 1.80. The second kappa shape index (κ2) is 4.73. The van der Waals surface area contributed by atoms with E-state index in [9.17, 15) is 4.79 Å². The molecular formula is C14H13N3O3. The number of esters is 1. The molecule has 0 spiro atoms. The molecule has 102 valence electrons. The fourth-order valence-electron chi connectivity index (χ4n) is 1.93. The SMILES string of the molecule is Cn1cc(COC(=O)c2cc3cc(N)ccc3o2)cn1. The zero-order valence-electron chi connectivity index (χ0n) is 10.9. The molecule has 20 heavy (non-hydrogen) atoms. The third-order valence-electron chi connectivity index (χ3n) is 2.87. The third-order valence-corrected chi connectivity index (χ3v) is 2.87. The van der Waals surface area contributed by atoms with Crippen LogP contribution in [0.5, 0.6) is 0 Å². The van der Waals surface area contributed by atoms with E-state index < -0.39 is 5.97 Å². The fraction of sp³-hybridized carbons (Fsp3) is 0.143. The Morgan fingerprint density at radius 2 is 2.30 bits per heavy atom. The van der Waals surface area contributed by atoms with E-state index in [4.69, 9.17) is 14.9 Å². The van der Waals surface area contributed by atoms with E-state index in [-0.39, 0.29) is 12.4 Å². The highest BCUT2D eigenvalue weighted by Gasteiger charge is 2.14. The first-order valence-electron chi connectivity index (χ1n) is 6.05. The van der Waals surface area contributed by atoms with Gasteiger partial charge >= 0.3 is 5.97 Å². The Balaban J connectivity index is 1.75. The number of furan rings is 1. The van der Waals surface area contributed by atoms with Crippen LogP contribution in [0.4, 0.5) is 5.69 Å². The number of anilines is 1. The monoisotopic (exact) mass is 271 g/mol. The van der Waals surface area contributed by atoms with Crippen molar-refractivity contribution >= 4 is 22.6 Å². The molecule has 2 aromatic heterocycles. The minimum absolute atomic E-state index is 0.159. The fourth-order valence-corrected chi connectivity index (χ4v) is 1.93. The number of hydrogen-bond acceptors (Lipinski definition) is 5. The summed E-state index contributed by atoms with van der Waals surface area (Å²) in [6.07, 6.45) is 3.43. The number of benzene rings is 1. The Labute approximate surface area is 114 Å². The van der Waals surface area contributed by atoms with E-state index in [1.54, 1.807) is 48.4 Å². The van der Waals surface area contributed by atoms with E-state index in [0.29, 0.717) is 11.3 Å². The van der Waals surface area contributed by atoms with Crippen LogP contribution in [-0.2, 0) is 18.4 Å². The van der Waals surface area contributed by atoms with Crippen molar-refractivity contribution in [3.05, 3.63) is 48.0 Å². The lowest BCUT2D eigenvalue weighted by Crippen LogP contribution is -2.03. The molecule has 0 amide bonds. The number of aromatic nitrogens is 2. The average molecular weight is 271 g/mol. The minimum atomic E-state index is -0.511. The molecule has 2 N–H and O–H groups in total. The molecule has 0 saturated heterocycles. The van der Waals surface area contributed by atoms with E-state index in [0.717, 1.165) is 10.9 Å². The molecule has 0 atom stereocenters. The van der Waals surface area contributed by atoms with Crippen LogP contribution < -0.4 is 5.73 Å². The number of aryl methyl sites for hydroxylation is 1. The number of hydrogen-bond donors (Lipinski definition) is 1. The van der Waals surface area contributed by atoms with Crippen LogP contribution in [0.2, 0.25) is 0 Å². The van der Waals surface area contributed by atoms with E-state index in [1.807, 2.05) is 0 Å². The summed E-state index contributed by atoms with van der Waals surface area (Å²) in [6.45, 7) is 0.159. The number of fused-ring (bicyclic) bond motifs is 1. The highest BCUT2D eigenvalue weighted by Crippen LogP contribution is 2.22. The topological polar surface area (TPSA) is 83.3 Å². The van der Waals surface area contributed by atoms with Gasteiger partial charge in [0.25, 0.3) is 0 Å². The maximum Gasteiger partial charge on any atom is 0.374 e. The third kappa shape index (κ3) is 2.35. The highest BCUT2D eigenvalue weighted by atomic mass is 16.5. The maximum absolute atomic E-state index is 11.9. The predicted molar refractivity (Wildman–Crippen MR) is 73.0 cm³/mol. The zero-order chi connectivity index (χ0) is 14.1. The molecule has 0 bridgehead atoms. The molecule has 3 rings (SSSR count). The molecule has 0 aliphatic heterocycles.